The van der Waals surface area contributed by atoms with Gasteiger partial charge in [-0.2, -0.15) is 13.2 Å². The molecule has 4 rings (SSSR count). The van der Waals surface area contributed by atoms with Crippen LogP contribution in [0.2, 0.25) is 0 Å². The molecule has 0 radical (unpaired) electrons. The average molecular weight is 392 g/mol. The maximum Gasteiger partial charge on any atom is 0.417 e. The molecule has 7 heteroatoms. The third-order valence-corrected chi connectivity index (χ3v) is 6.24. The minimum Gasteiger partial charge on any atom is -0.380 e. The number of fused-ring (bicyclic) bond motifs is 1. The van der Waals surface area contributed by atoms with E-state index in [-0.39, 0.29) is 5.56 Å². The Hall–Kier alpha value is -2.28. The van der Waals surface area contributed by atoms with Gasteiger partial charge >= 0.3 is 6.18 Å². The number of hydrogen-bond donors (Lipinski definition) is 1. The number of benzene rings is 2. The molecule has 2 aliphatic rings. The van der Waals surface area contributed by atoms with Crippen LogP contribution in [0.3, 0.4) is 0 Å². The van der Waals surface area contributed by atoms with Gasteiger partial charge in [0.15, 0.2) is 0 Å². The van der Waals surface area contributed by atoms with Gasteiger partial charge in [0.05, 0.1) is 5.56 Å². The normalized spacial score (nSPS) is 17.9. The van der Waals surface area contributed by atoms with Crippen molar-refractivity contribution >= 4 is 28.3 Å². The highest BCUT2D eigenvalue weighted by atomic mass is 32.2. The van der Waals surface area contributed by atoms with Gasteiger partial charge in [0, 0.05) is 58.9 Å². The Bertz CT molecular complexity index is 914. The summed E-state index contributed by atoms with van der Waals surface area (Å²) in [6, 6.07) is 11.6. The summed E-state index contributed by atoms with van der Waals surface area (Å²) < 4.78 is 51.4. The Balaban J connectivity index is 1.64. The lowest BCUT2D eigenvalue weighted by Gasteiger charge is -2.30. The Morgan fingerprint density at radius 3 is 2.52 bits per heavy atom. The van der Waals surface area contributed by atoms with Gasteiger partial charge in [0.1, 0.15) is 0 Å². The lowest BCUT2D eigenvalue weighted by molar-refractivity contribution is -0.137. The summed E-state index contributed by atoms with van der Waals surface area (Å²) in [7, 11) is -0.728. The topological polar surface area (TPSA) is 32.3 Å². The Morgan fingerprint density at radius 1 is 1.04 bits per heavy atom. The maximum atomic E-state index is 13.3. The fourth-order valence-corrected chi connectivity index (χ4v) is 4.57. The molecule has 2 aliphatic heterocycles. The van der Waals surface area contributed by atoms with Gasteiger partial charge in [-0.3, -0.25) is 4.21 Å². The van der Waals surface area contributed by atoms with E-state index in [4.69, 9.17) is 0 Å². The molecule has 3 nitrogen and oxygen atoms in total. The molecule has 0 aromatic heterocycles. The summed E-state index contributed by atoms with van der Waals surface area (Å²) in [6.45, 7) is 2.00. The third kappa shape index (κ3) is 3.74. The number of rotatable bonds is 2. The van der Waals surface area contributed by atoms with Crippen LogP contribution in [-0.2, 0) is 23.5 Å². The zero-order valence-electron chi connectivity index (χ0n) is 14.6. The molecule has 2 aromatic carbocycles. The minimum absolute atomic E-state index is 0.165. The van der Waals surface area contributed by atoms with Crippen molar-refractivity contribution in [2.24, 2.45) is 0 Å². The molecule has 27 heavy (non-hydrogen) atoms. The summed E-state index contributed by atoms with van der Waals surface area (Å²) in [5.74, 6) is 1.35. The van der Waals surface area contributed by atoms with Crippen molar-refractivity contribution in [2.75, 3.05) is 29.5 Å². The number of nitrogens with one attached hydrogen (secondary N) is 1. The first-order valence-corrected chi connectivity index (χ1v) is 10.3. The number of hydrogen-bond acceptors (Lipinski definition) is 3. The highest BCUT2D eigenvalue weighted by Crippen LogP contribution is 2.36. The second-order valence-electron chi connectivity index (χ2n) is 6.67. The van der Waals surface area contributed by atoms with Gasteiger partial charge in [-0.1, -0.05) is 24.3 Å². The Kier molecular flexibility index (Phi) is 4.72. The summed E-state index contributed by atoms with van der Waals surface area (Å²) in [5, 5.41) is 3.14. The fraction of sp³-hybridized carbons (Fsp3) is 0.300. The van der Waals surface area contributed by atoms with E-state index in [1.54, 1.807) is 12.1 Å². The standard InChI is InChI=1S/C20H19F3N2OS/c21-20(22,23)18-4-2-1-3-17(18)19-12-14-5-6-16(11-15(14)13-24-19)25-7-9-27(26)10-8-25/h1-6,11-12,24H,7-10,13H2. The van der Waals surface area contributed by atoms with Crippen LogP contribution in [0, 0.1) is 0 Å². The van der Waals surface area contributed by atoms with Gasteiger partial charge in [0.25, 0.3) is 0 Å². The van der Waals surface area contributed by atoms with E-state index in [2.05, 4.69) is 16.3 Å². The monoisotopic (exact) mass is 392 g/mol. The van der Waals surface area contributed by atoms with Crippen LogP contribution in [-0.4, -0.2) is 28.8 Å². The lowest BCUT2D eigenvalue weighted by atomic mass is 9.96. The minimum atomic E-state index is -4.39. The first kappa shape index (κ1) is 18.1. The van der Waals surface area contributed by atoms with Crippen molar-refractivity contribution in [3.8, 4) is 0 Å². The van der Waals surface area contributed by atoms with E-state index < -0.39 is 22.5 Å². The summed E-state index contributed by atoms with van der Waals surface area (Å²) in [4.78, 5) is 2.21. The molecule has 142 valence electrons. The van der Waals surface area contributed by atoms with Crippen LogP contribution >= 0.6 is 0 Å². The van der Waals surface area contributed by atoms with E-state index >= 15 is 0 Å². The largest absolute Gasteiger partial charge is 0.417 e. The lowest BCUT2D eigenvalue weighted by Crippen LogP contribution is -2.37. The highest BCUT2D eigenvalue weighted by molar-refractivity contribution is 7.85. The van der Waals surface area contributed by atoms with Crippen molar-refractivity contribution in [3.63, 3.8) is 0 Å². The van der Waals surface area contributed by atoms with Crippen molar-refractivity contribution < 1.29 is 17.4 Å². The van der Waals surface area contributed by atoms with Gasteiger partial charge < -0.3 is 10.2 Å². The number of alkyl halides is 3. The molecule has 0 atom stereocenters. The van der Waals surface area contributed by atoms with Crippen molar-refractivity contribution in [1.29, 1.82) is 0 Å². The summed E-state index contributed by atoms with van der Waals surface area (Å²) in [6.07, 6.45) is -2.62. The molecule has 0 spiro atoms. The second kappa shape index (κ2) is 7.03. The van der Waals surface area contributed by atoms with E-state index in [0.717, 1.165) is 36.0 Å². The fourth-order valence-electron chi connectivity index (χ4n) is 3.51. The van der Waals surface area contributed by atoms with Crippen LogP contribution < -0.4 is 10.2 Å². The predicted molar refractivity (Wildman–Crippen MR) is 103 cm³/mol. The van der Waals surface area contributed by atoms with Crippen molar-refractivity contribution in [1.82, 2.24) is 5.32 Å². The van der Waals surface area contributed by atoms with Crippen LogP contribution in [0.5, 0.6) is 0 Å². The first-order chi connectivity index (χ1) is 12.9. The molecular formula is C20H19F3N2OS. The van der Waals surface area contributed by atoms with Gasteiger partial charge in [-0.25, -0.2) is 0 Å². The molecule has 2 heterocycles. The molecule has 1 fully saturated rings. The van der Waals surface area contributed by atoms with Crippen LogP contribution in [0.1, 0.15) is 22.3 Å². The Morgan fingerprint density at radius 2 is 1.78 bits per heavy atom. The maximum absolute atomic E-state index is 13.3. The molecule has 0 aliphatic carbocycles. The molecule has 2 aromatic rings. The van der Waals surface area contributed by atoms with Gasteiger partial charge in [-0.15, -0.1) is 0 Å². The van der Waals surface area contributed by atoms with E-state index in [1.807, 2.05) is 12.1 Å². The average Bonchev–Trinajstić information content (AvgIpc) is 2.67. The van der Waals surface area contributed by atoms with Crippen molar-refractivity contribution in [3.05, 3.63) is 64.7 Å². The molecular weight excluding hydrogens is 373 g/mol. The SMILES string of the molecule is O=S1CCN(c2ccc3c(c2)CNC(c2ccccc2C(F)(F)F)=C3)CC1. The van der Waals surface area contributed by atoms with Gasteiger partial charge in [-0.05, 0) is 35.4 Å². The number of anilines is 1. The summed E-state index contributed by atoms with van der Waals surface area (Å²) >= 11 is 0. The van der Waals surface area contributed by atoms with E-state index in [9.17, 15) is 17.4 Å². The molecule has 0 saturated carbocycles. The van der Waals surface area contributed by atoms with Crippen molar-refractivity contribution in [2.45, 2.75) is 12.7 Å². The number of halogens is 3. The molecule has 1 N–H and O–H groups in total. The van der Waals surface area contributed by atoms with Crippen LogP contribution in [0.25, 0.3) is 11.8 Å². The zero-order valence-corrected chi connectivity index (χ0v) is 15.4. The van der Waals surface area contributed by atoms with E-state index in [1.165, 1.54) is 12.1 Å². The zero-order chi connectivity index (χ0) is 19.0. The number of nitrogens with zero attached hydrogens (tertiary/aromatic N) is 1. The van der Waals surface area contributed by atoms with E-state index in [0.29, 0.717) is 23.7 Å². The summed E-state index contributed by atoms with van der Waals surface area (Å²) in [5.41, 5.74) is 3.05. The smallest absolute Gasteiger partial charge is 0.380 e. The molecule has 0 bridgehead atoms. The van der Waals surface area contributed by atoms with Crippen LogP contribution in [0.15, 0.2) is 42.5 Å². The van der Waals surface area contributed by atoms with Crippen LogP contribution in [0.4, 0.5) is 18.9 Å². The second-order valence-corrected chi connectivity index (χ2v) is 8.37. The molecule has 0 amide bonds. The Labute approximate surface area is 158 Å². The highest BCUT2D eigenvalue weighted by Gasteiger charge is 2.34. The predicted octanol–water partition coefficient (Wildman–Crippen LogP) is 3.88. The van der Waals surface area contributed by atoms with Gasteiger partial charge in [0.2, 0.25) is 0 Å². The molecule has 1 saturated heterocycles. The first-order valence-electron chi connectivity index (χ1n) is 8.77. The third-order valence-electron chi connectivity index (χ3n) is 4.96. The quantitative estimate of drug-likeness (QED) is 0.842. The molecule has 0 unspecified atom stereocenters.